The van der Waals surface area contributed by atoms with E-state index in [0.717, 1.165) is 37.2 Å². The van der Waals surface area contributed by atoms with Crippen molar-refractivity contribution in [3.63, 3.8) is 0 Å². The quantitative estimate of drug-likeness (QED) is 0.752. The lowest BCUT2D eigenvalue weighted by Crippen LogP contribution is -2.24. The van der Waals surface area contributed by atoms with E-state index >= 15 is 0 Å². The average Bonchev–Trinajstić information content (AvgIpc) is 2.93. The summed E-state index contributed by atoms with van der Waals surface area (Å²) in [5.41, 5.74) is 5.41. The number of nitrogens with two attached hydrogens (primary N) is 1. The number of anilines is 1. The first-order valence-electron chi connectivity index (χ1n) is 9.04. The van der Waals surface area contributed by atoms with E-state index in [9.17, 15) is 9.59 Å². The number of rotatable bonds is 2. The van der Waals surface area contributed by atoms with Gasteiger partial charge in [0.05, 0.1) is 5.75 Å². The Morgan fingerprint density at radius 3 is 2.48 bits per heavy atom. The Bertz CT molecular complexity index is 481. The maximum absolute atomic E-state index is 11.9. The van der Waals surface area contributed by atoms with Crippen LogP contribution in [0.25, 0.3) is 0 Å². The van der Waals surface area contributed by atoms with Gasteiger partial charge in [-0.05, 0) is 44.2 Å². The van der Waals surface area contributed by atoms with E-state index in [0.29, 0.717) is 5.75 Å². The Balaban J connectivity index is 0.000000264. The van der Waals surface area contributed by atoms with E-state index < -0.39 is 0 Å². The topological polar surface area (TPSA) is 84.2 Å². The smallest absolute Gasteiger partial charge is 0.229 e. The molecule has 0 radical (unpaired) electrons. The first kappa shape index (κ1) is 21.5. The molecular formula is C19H31N3O2S. The Kier molecular flexibility index (Phi) is 11.8. The fourth-order valence-corrected chi connectivity index (χ4v) is 3.53. The van der Waals surface area contributed by atoms with Gasteiger partial charge >= 0.3 is 0 Å². The number of benzene rings is 1. The molecule has 2 aliphatic rings. The number of carbonyl (C=O) groups excluding carboxylic acids is 2. The van der Waals surface area contributed by atoms with Gasteiger partial charge in [-0.2, -0.15) is 11.8 Å². The minimum absolute atomic E-state index is 0.188. The highest BCUT2D eigenvalue weighted by atomic mass is 32.2. The molecule has 0 spiro atoms. The maximum atomic E-state index is 11.9. The number of hydrogen-bond acceptors (Lipinski definition) is 4. The van der Waals surface area contributed by atoms with Crippen LogP contribution in [-0.2, 0) is 9.59 Å². The summed E-state index contributed by atoms with van der Waals surface area (Å²) < 4.78 is 0. The van der Waals surface area contributed by atoms with Gasteiger partial charge in [0.25, 0.3) is 0 Å². The van der Waals surface area contributed by atoms with Crippen LogP contribution in [0.1, 0.15) is 38.5 Å². The van der Waals surface area contributed by atoms with Crippen molar-refractivity contribution in [1.29, 1.82) is 0 Å². The molecule has 140 valence electrons. The summed E-state index contributed by atoms with van der Waals surface area (Å²) in [6.45, 7) is 0.867. The second-order valence-corrected chi connectivity index (χ2v) is 7.05. The van der Waals surface area contributed by atoms with Crippen molar-refractivity contribution >= 4 is 29.3 Å². The van der Waals surface area contributed by atoms with Crippen molar-refractivity contribution < 1.29 is 9.59 Å². The molecule has 2 fully saturated rings. The summed E-state index contributed by atoms with van der Waals surface area (Å²) >= 11 is 1.71. The molecule has 1 aromatic rings. The van der Waals surface area contributed by atoms with Gasteiger partial charge in [0.1, 0.15) is 0 Å². The number of carbonyl (C=O) groups is 2. The minimum Gasteiger partial charge on any atom is -0.355 e. The fraction of sp³-hybridized carbons (Fsp3) is 0.579. The monoisotopic (exact) mass is 365 g/mol. The third-order valence-electron chi connectivity index (χ3n) is 4.04. The predicted molar refractivity (Wildman–Crippen MR) is 107 cm³/mol. The largest absolute Gasteiger partial charge is 0.355 e. The molecule has 3 rings (SSSR count). The van der Waals surface area contributed by atoms with Crippen LogP contribution in [0.5, 0.6) is 0 Å². The Hall–Kier alpha value is -1.53. The Labute approximate surface area is 155 Å². The van der Waals surface area contributed by atoms with Crippen LogP contribution in [0, 0.1) is 5.92 Å². The minimum atomic E-state index is 0.188. The van der Waals surface area contributed by atoms with E-state index in [1.165, 1.54) is 26.3 Å². The van der Waals surface area contributed by atoms with Crippen molar-refractivity contribution in [2.45, 2.75) is 38.5 Å². The Morgan fingerprint density at radius 1 is 1.12 bits per heavy atom. The lowest BCUT2D eigenvalue weighted by atomic mass is 9.88. The SMILES string of the molecule is CN.O=C(Nc1ccccc1)C1CCCCC1.O=C1CSCCCN1. The molecule has 1 saturated heterocycles. The van der Waals surface area contributed by atoms with Gasteiger partial charge in [0, 0.05) is 18.2 Å². The third-order valence-corrected chi connectivity index (χ3v) is 5.08. The van der Waals surface area contributed by atoms with Gasteiger partial charge < -0.3 is 16.4 Å². The van der Waals surface area contributed by atoms with Crippen molar-refractivity contribution in [3.8, 4) is 0 Å². The maximum Gasteiger partial charge on any atom is 0.229 e. The van der Waals surface area contributed by atoms with Crippen LogP contribution in [0.15, 0.2) is 30.3 Å². The molecule has 1 aliphatic heterocycles. The molecule has 2 amide bonds. The Morgan fingerprint density at radius 2 is 1.80 bits per heavy atom. The lowest BCUT2D eigenvalue weighted by molar-refractivity contribution is -0.121. The van der Waals surface area contributed by atoms with Crippen LogP contribution < -0.4 is 16.4 Å². The van der Waals surface area contributed by atoms with Crippen LogP contribution in [-0.4, -0.2) is 36.9 Å². The summed E-state index contributed by atoms with van der Waals surface area (Å²) in [5.74, 6) is 2.39. The van der Waals surface area contributed by atoms with Gasteiger partial charge in [-0.3, -0.25) is 9.59 Å². The first-order valence-corrected chi connectivity index (χ1v) is 10.2. The summed E-state index contributed by atoms with van der Waals surface area (Å²) in [5, 5.41) is 5.76. The van der Waals surface area contributed by atoms with E-state index in [2.05, 4.69) is 16.4 Å². The summed E-state index contributed by atoms with van der Waals surface area (Å²) in [6.07, 6.45) is 6.92. The number of amides is 2. The molecule has 0 unspecified atom stereocenters. The molecule has 1 heterocycles. The summed E-state index contributed by atoms with van der Waals surface area (Å²) in [7, 11) is 1.50. The van der Waals surface area contributed by atoms with Gasteiger partial charge in [-0.25, -0.2) is 0 Å². The average molecular weight is 366 g/mol. The van der Waals surface area contributed by atoms with Gasteiger partial charge in [0.15, 0.2) is 0 Å². The second-order valence-electron chi connectivity index (χ2n) is 5.95. The van der Waals surface area contributed by atoms with Crippen molar-refractivity contribution in [3.05, 3.63) is 30.3 Å². The molecule has 4 N–H and O–H groups in total. The predicted octanol–water partition coefficient (Wildman–Crippen LogP) is 3.02. The highest BCUT2D eigenvalue weighted by Crippen LogP contribution is 2.24. The van der Waals surface area contributed by atoms with Gasteiger partial charge in [-0.1, -0.05) is 37.5 Å². The molecule has 25 heavy (non-hydrogen) atoms. The van der Waals surface area contributed by atoms with Gasteiger partial charge in [-0.15, -0.1) is 0 Å². The molecule has 1 saturated carbocycles. The number of thioether (sulfide) groups is 1. The highest BCUT2D eigenvalue weighted by molar-refractivity contribution is 7.99. The highest BCUT2D eigenvalue weighted by Gasteiger charge is 2.20. The van der Waals surface area contributed by atoms with Crippen molar-refractivity contribution in [1.82, 2.24) is 5.32 Å². The second kappa shape index (κ2) is 13.7. The van der Waals surface area contributed by atoms with Crippen molar-refractivity contribution in [2.24, 2.45) is 11.7 Å². The standard InChI is InChI=1S/C13H17NO.C5H9NOS.CH5N/c15-13(11-7-3-1-4-8-11)14-12-9-5-2-6-10-12;7-5-4-8-3-1-2-6-5;1-2/h2,5-6,9-11H,1,3-4,7-8H2,(H,14,15);1-4H2,(H,6,7);2H2,1H3. The first-order chi connectivity index (χ1) is 12.3. The zero-order valence-electron chi connectivity index (χ0n) is 15.1. The number of nitrogens with one attached hydrogen (secondary N) is 2. The van der Waals surface area contributed by atoms with E-state index in [1.54, 1.807) is 11.8 Å². The van der Waals surface area contributed by atoms with Crippen LogP contribution in [0.4, 0.5) is 5.69 Å². The summed E-state index contributed by atoms with van der Waals surface area (Å²) in [4.78, 5) is 22.4. The third kappa shape index (κ3) is 9.51. The fourth-order valence-electron chi connectivity index (χ4n) is 2.75. The van der Waals surface area contributed by atoms with Crippen LogP contribution in [0.3, 0.4) is 0 Å². The van der Waals surface area contributed by atoms with E-state index in [4.69, 9.17) is 0 Å². The van der Waals surface area contributed by atoms with E-state index in [-0.39, 0.29) is 17.7 Å². The van der Waals surface area contributed by atoms with Crippen molar-refractivity contribution in [2.75, 3.05) is 30.4 Å². The molecule has 0 atom stereocenters. The molecule has 6 heteroatoms. The molecule has 1 aromatic carbocycles. The molecule has 0 aromatic heterocycles. The zero-order valence-corrected chi connectivity index (χ0v) is 15.9. The number of hydrogen-bond donors (Lipinski definition) is 3. The van der Waals surface area contributed by atoms with E-state index in [1.807, 2.05) is 30.3 Å². The molecule has 1 aliphatic carbocycles. The molecule has 0 bridgehead atoms. The molecule has 5 nitrogen and oxygen atoms in total. The normalized spacial score (nSPS) is 17.6. The van der Waals surface area contributed by atoms with Gasteiger partial charge in [0.2, 0.25) is 11.8 Å². The molecular weight excluding hydrogens is 334 g/mol. The number of para-hydroxylation sites is 1. The zero-order chi connectivity index (χ0) is 18.3. The summed E-state index contributed by atoms with van der Waals surface area (Å²) in [6, 6.07) is 9.70. The van der Waals surface area contributed by atoms with Crippen LogP contribution >= 0.6 is 11.8 Å². The van der Waals surface area contributed by atoms with Crippen LogP contribution in [0.2, 0.25) is 0 Å². The lowest BCUT2D eigenvalue weighted by Gasteiger charge is -2.20.